The number of methoxy groups -OCH3 is 1. The van der Waals surface area contributed by atoms with Crippen LogP contribution in [-0.2, 0) is 42.9 Å². The maximum atomic E-state index is 14.3. The lowest BCUT2D eigenvalue weighted by Crippen LogP contribution is -2.60. The van der Waals surface area contributed by atoms with Crippen LogP contribution in [-0.4, -0.2) is 133 Å². The number of carbonyl (C=O) groups excluding carboxylic acids is 5. The molecule has 0 radical (unpaired) electrons. The van der Waals surface area contributed by atoms with Gasteiger partial charge in [0.1, 0.15) is 35.6 Å². The average Bonchev–Trinajstić information content (AvgIpc) is 3.17. The van der Waals surface area contributed by atoms with E-state index in [9.17, 15) is 34.2 Å². The number of benzene rings is 1. The van der Waals surface area contributed by atoms with E-state index in [0.717, 1.165) is 0 Å². The molecule has 0 spiro atoms. The highest BCUT2D eigenvalue weighted by Crippen LogP contribution is 2.39. The molecule has 4 N–H and O–H groups in total. The molecule has 2 aliphatic rings. The minimum Gasteiger partial charge on any atom is -0.459 e. The Hall–Kier alpha value is -3.91. The van der Waals surface area contributed by atoms with Gasteiger partial charge in [0, 0.05) is 49.6 Å². The van der Waals surface area contributed by atoms with Crippen molar-refractivity contribution in [3.05, 3.63) is 35.9 Å². The Morgan fingerprint density at radius 3 is 2.18 bits per heavy atom. The SMILES string of the molecule is CC[C@H]1OC(=O)[C@H](C)C(=O)[C@H](C)[C@@H](O[C@@H]2O[C@H](C)C[C@H](N(C)C)[C@H]2O)[C@](C)(OC)C[C@@H](C)C(=O)[C@H](C)[C@@H](OC(=O)NCCNC(=O)C#Cc2ccccc2)[C@]1(C)O. The molecule has 0 aliphatic carbocycles. The van der Waals surface area contributed by atoms with Crippen molar-refractivity contribution in [2.45, 2.75) is 129 Å². The summed E-state index contributed by atoms with van der Waals surface area (Å²) in [5.74, 6) is -1.57. The Morgan fingerprint density at radius 1 is 0.965 bits per heavy atom. The number of likely N-dealkylation sites (N-methyl/N-ethyl adjacent to an activating group) is 1. The van der Waals surface area contributed by atoms with Crippen molar-refractivity contribution >= 4 is 29.5 Å². The zero-order valence-corrected chi connectivity index (χ0v) is 35.2. The van der Waals surface area contributed by atoms with Crippen LogP contribution in [0.25, 0.3) is 0 Å². The zero-order chi connectivity index (χ0) is 42.8. The summed E-state index contributed by atoms with van der Waals surface area (Å²) < 4.78 is 30.2. The lowest BCUT2D eigenvalue weighted by molar-refractivity contribution is -0.295. The number of Topliss-reactive ketones (excluding diaryl/α,β-unsaturated/α-hetero) is 2. The fourth-order valence-corrected chi connectivity index (χ4v) is 7.83. The molecule has 15 heteroatoms. The van der Waals surface area contributed by atoms with E-state index >= 15 is 0 Å². The first-order valence-electron chi connectivity index (χ1n) is 19.7. The molecule has 57 heavy (non-hydrogen) atoms. The van der Waals surface area contributed by atoms with E-state index in [1.807, 2.05) is 32.0 Å². The van der Waals surface area contributed by atoms with Crippen LogP contribution in [0.2, 0.25) is 0 Å². The number of nitrogens with zero attached hydrogens (tertiary/aromatic N) is 1. The van der Waals surface area contributed by atoms with Gasteiger partial charge in [0.25, 0.3) is 5.91 Å². The van der Waals surface area contributed by atoms with Crippen LogP contribution in [0.4, 0.5) is 4.79 Å². The van der Waals surface area contributed by atoms with Crippen LogP contribution in [0.5, 0.6) is 0 Å². The summed E-state index contributed by atoms with van der Waals surface area (Å²) in [7, 11) is 5.09. The second kappa shape index (κ2) is 20.7. The van der Waals surface area contributed by atoms with E-state index in [0.29, 0.717) is 12.0 Å². The van der Waals surface area contributed by atoms with Gasteiger partial charge in [-0.15, -0.1) is 0 Å². The second-order valence-corrected chi connectivity index (χ2v) is 16.0. The standard InChI is InChI=1S/C42H63N3O12/c1-12-31-42(8,52)37(57-40(51)44-21-20-43-32(46)19-18-29-16-14-13-15-17-29)26(4)33(47)24(2)23-41(7,53-11)36(27(5)34(48)28(6)38(50)55-31)56-39-35(49)30(45(9)10)22-25(3)54-39/h13-17,24-28,30-31,35-37,39,49,52H,12,20-23H2,1-11H3,(H,43,46)(H,44,51)/t24-,25-,26+,27+,28-,30+,31-,35-,36-,37-,39+,41-,42-/m1/s1. The molecule has 2 fully saturated rings. The van der Waals surface area contributed by atoms with Crippen molar-refractivity contribution in [3.63, 3.8) is 0 Å². The van der Waals surface area contributed by atoms with Crippen LogP contribution in [0, 0.1) is 35.5 Å². The minimum atomic E-state index is -2.11. The third kappa shape index (κ3) is 12.1. The number of nitrogens with one attached hydrogen (secondary N) is 2. The van der Waals surface area contributed by atoms with E-state index in [1.165, 1.54) is 27.9 Å². The topological polar surface area (TPSA) is 199 Å². The van der Waals surface area contributed by atoms with Crippen LogP contribution in [0.1, 0.15) is 80.2 Å². The molecule has 2 aliphatic heterocycles. The molecule has 2 saturated heterocycles. The van der Waals surface area contributed by atoms with Gasteiger partial charge in [-0.1, -0.05) is 51.8 Å². The molecule has 0 saturated carbocycles. The number of ketones is 2. The van der Waals surface area contributed by atoms with Crippen molar-refractivity contribution in [1.29, 1.82) is 0 Å². The molecule has 1 aromatic rings. The van der Waals surface area contributed by atoms with Crippen molar-refractivity contribution in [3.8, 4) is 11.8 Å². The number of cyclic esters (lactones) is 1. The summed E-state index contributed by atoms with van der Waals surface area (Å²) in [4.78, 5) is 69.5. The minimum absolute atomic E-state index is 0.00000498. The number of ether oxygens (including phenoxy) is 5. The number of esters is 1. The van der Waals surface area contributed by atoms with Crippen molar-refractivity contribution in [2.24, 2.45) is 23.7 Å². The summed E-state index contributed by atoms with van der Waals surface area (Å²) >= 11 is 0. The molecule has 3 rings (SSSR count). The molecule has 318 valence electrons. The van der Waals surface area contributed by atoms with Gasteiger partial charge in [-0.2, -0.15) is 0 Å². The van der Waals surface area contributed by atoms with Crippen molar-refractivity contribution < 1.29 is 57.9 Å². The molecule has 15 nitrogen and oxygen atoms in total. The summed E-state index contributed by atoms with van der Waals surface area (Å²) in [6, 6.07) is 8.63. The first-order chi connectivity index (χ1) is 26.7. The fraction of sp³-hybridized carbons (Fsp3) is 0.690. The number of hydrogen-bond acceptors (Lipinski definition) is 13. The van der Waals surface area contributed by atoms with Gasteiger partial charge in [0.05, 0.1) is 23.7 Å². The fourth-order valence-electron chi connectivity index (χ4n) is 7.83. The van der Waals surface area contributed by atoms with E-state index in [4.69, 9.17) is 23.7 Å². The highest BCUT2D eigenvalue weighted by Gasteiger charge is 2.53. The highest BCUT2D eigenvalue weighted by atomic mass is 16.7. The molecular weight excluding hydrogens is 738 g/mol. The normalized spacial score (nSPS) is 35.6. The Labute approximate surface area is 336 Å². The molecule has 2 amide bonds. The first kappa shape index (κ1) is 47.5. The second-order valence-electron chi connectivity index (χ2n) is 16.0. The lowest BCUT2D eigenvalue weighted by Gasteiger charge is -2.47. The predicted molar refractivity (Wildman–Crippen MR) is 209 cm³/mol. The van der Waals surface area contributed by atoms with Gasteiger partial charge >= 0.3 is 12.1 Å². The smallest absolute Gasteiger partial charge is 0.407 e. The third-order valence-electron chi connectivity index (χ3n) is 11.3. The lowest BCUT2D eigenvalue weighted by atomic mass is 9.74. The number of carbonyl (C=O) groups is 5. The van der Waals surface area contributed by atoms with E-state index < -0.39 is 95.1 Å². The van der Waals surface area contributed by atoms with Crippen LogP contribution < -0.4 is 10.6 Å². The Morgan fingerprint density at radius 2 is 1.58 bits per heavy atom. The number of rotatable bonds is 9. The van der Waals surface area contributed by atoms with Gasteiger partial charge < -0.3 is 49.4 Å². The van der Waals surface area contributed by atoms with Gasteiger partial charge in [-0.25, -0.2) is 4.79 Å². The predicted octanol–water partition coefficient (Wildman–Crippen LogP) is 2.62. The summed E-state index contributed by atoms with van der Waals surface area (Å²) in [5.41, 5.74) is -2.82. The maximum absolute atomic E-state index is 14.3. The van der Waals surface area contributed by atoms with Gasteiger partial charge in [-0.05, 0) is 73.2 Å². The van der Waals surface area contributed by atoms with Crippen molar-refractivity contribution in [1.82, 2.24) is 15.5 Å². The van der Waals surface area contributed by atoms with Crippen LogP contribution in [0.15, 0.2) is 30.3 Å². The molecule has 0 aromatic heterocycles. The number of alkyl carbamates (subject to hydrolysis) is 1. The number of amides is 2. The van der Waals surface area contributed by atoms with Crippen LogP contribution in [0.3, 0.4) is 0 Å². The van der Waals surface area contributed by atoms with E-state index in [-0.39, 0.29) is 38.1 Å². The first-order valence-corrected chi connectivity index (χ1v) is 19.7. The van der Waals surface area contributed by atoms with Crippen molar-refractivity contribution in [2.75, 3.05) is 34.3 Å². The Kier molecular flexibility index (Phi) is 17.2. The monoisotopic (exact) mass is 801 g/mol. The highest BCUT2D eigenvalue weighted by molar-refractivity contribution is 6.00. The molecule has 1 aromatic carbocycles. The van der Waals surface area contributed by atoms with E-state index in [2.05, 4.69) is 22.5 Å². The molecule has 0 bridgehead atoms. The van der Waals surface area contributed by atoms with Gasteiger partial charge in [-0.3, -0.25) is 19.2 Å². The maximum Gasteiger partial charge on any atom is 0.407 e. The summed E-state index contributed by atoms with van der Waals surface area (Å²) in [6.07, 6.45) is -6.98. The number of aliphatic hydroxyl groups excluding tert-OH is 1. The van der Waals surface area contributed by atoms with Crippen LogP contribution >= 0.6 is 0 Å². The third-order valence-corrected chi connectivity index (χ3v) is 11.3. The quantitative estimate of drug-likeness (QED) is 0.123. The average molecular weight is 802 g/mol. The number of hydrogen-bond donors (Lipinski definition) is 4. The molecular formula is C42H63N3O12. The molecule has 13 atom stereocenters. The van der Waals surface area contributed by atoms with E-state index in [1.54, 1.807) is 52.0 Å². The molecule has 2 heterocycles. The summed E-state index contributed by atoms with van der Waals surface area (Å²) in [5, 5.41) is 28.5. The number of aliphatic hydroxyl groups is 2. The van der Waals surface area contributed by atoms with Gasteiger partial charge in [0.2, 0.25) is 0 Å². The van der Waals surface area contributed by atoms with Gasteiger partial charge in [0.15, 0.2) is 12.1 Å². The zero-order valence-electron chi connectivity index (χ0n) is 35.2. The Balaban J connectivity index is 1.92. The largest absolute Gasteiger partial charge is 0.459 e. The Bertz CT molecular complexity index is 1610. The molecule has 0 unspecified atom stereocenters. The summed E-state index contributed by atoms with van der Waals surface area (Å²) in [6.45, 7) is 12.6.